The third-order valence-corrected chi connectivity index (χ3v) is 13.8. The van der Waals surface area contributed by atoms with Gasteiger partial charge in [-0.1, -0.05) is 0 Å². The van der Waals surface area contributed by atoms with Crippen molar-refractivity contribution in [3.8, 4) is 22.3 Å². The van der Waals surface area contributed by atoms with Gasteiger partial charge in [-0.05, 0) is 0 Å². The minimum atomic E-state index is -1.35. The quantitative estimate of drug-likeness (QED) is 0.169. The van der Waals surface area contributed by atoms with Crippen LogP contribution in [-0.2, 0) is 23.2 Å². The van der Waals surface area contributed by atoms with E-state index in [9.17, 15) is 0 Å². The fourth-order valence-corrected chi connectivity index (χ4v) is 11.7. The Hall–Kier alpha value is -3.62. The van der Waals surface area contributed by atoms with Crippen molar-refractivity contribution in [3.05, 3.63) is 172 Å². The van der Waals surface area contributed by atoms with Crippen molar-refractivity contribution in [2.75, 3.05) is 0 Å². The zero-order valence-electron chi connectivity index (χ0n) is 29.9. The molecule has 0 amide bonds. The zero-order chi connectivity index (χ0) is 33.8. The summed E-state index contributed by atoms with van der Waals surface area (Å²) in [5.74, 6) is 5.27. The zero-order valence-corrected chi connectivity index (χ0v) is 33.9. The van der Waals surface area contributed by atoms with Crippen LogP contribution in [0.1, 0.15) is 108 Å². The van der Waals surface area contributed by atoms with E-state index in [4.69, 9.17) is 8.83 Å². The van der Waals surface area contributed by atoms with Crippen LogP contribution in [0.3, 0.4) is 0 Å². The predicted octanol–water partition coefficient (Wildman–Crippen LogP) is 6.83. The third kappa shape index (κ3) is 6.98. The van der Waals surface area contributed by atoms with Crippen LogP contribution in [-0.4, -0.2) is 0 Å². The Balaban J connectivity index is 0.00000224. The van der Waals surface area contributed by atoms with E-state index in [0.717, 1.165) is 23.0 Å². The van der Waals surface area contributed by atoms with Crippen molar-refractivity contribution in [2.24, 2.45) is 0 Å². The third-order valence-electron chi connectivity index (χ3n) is 10.3. The minimum Gasteiger partial charge on any atom is -1.00 e. The van der Waals surface area contributed by atoms with E-state index in [1.807, 2.05) is 0 Å². The second-order valence-corrected chi connectivity index (χ2v) is 17.7. The van der Waals surface area contributed by atoms with Gasteiger partial charge in [0.15, 0.2) is 0 Å². The first-order chi connectivity index (χ1) is 23.7. The molecule has 2 unspecified atom stereocenters. The molecule has 8 rings (SSSR count). The van der Waals surface area contributed by atoms with Crippen LogP contribution in [0.2, 0.25) is 0 Å². The summed E-state index contributed by atoms with van der Waals surface area (Å²) in [7, 11) is 0. The first kappa shape index (κ1) is 37.2. The molecule has 51 heavy (non-hydrogen) atoms. The summed E-state index contributed by atoms with van der Waals surface area (Å²) >= 11 is -1.35. The molecular formula is C46H42Cl2O2Zr. The maximum Gasteiger partial charge on any atom is -1.00 e. The number of allylic oxidation sites excluding steroid dienone is 2. The monoisotopic (exact) mass is 786 g/mol. The number of halogens is 2. The van der Waals surface area contributed by atoms with Crippen LogP contribution in [0, 0.1) is 13.8 Å². The van der Waals surface area contributed by atoms with Gasteiger partial charge >= 0.3 is 304 Å². The maximum atomic E-state index is 6.44. The smallest absolute Gasteiger partial charge is 1.00 e. The molecule has 0 N–H and O–H groups in total. The Bertz CT molecular complexity index is 2070. The van der Waals surface area contributed by atoms with Gasteiger partial charge in [-0.3, -0.25) is 0 Å². The van der Waals surface area contributed by atoms with Gasteiger partial charge < -0.3 is 24.8 Å². The Morgan fingerprint density at radius 1 is 0.490 bits per heavy atom. The van der Waals surface area contributed by atoms with Crippen LogP contribution in [0.4, 0.5) is 0 Å². The Morgan fingerprint density at radius 2 is 0.882 bits per heavy atom. The average Bonchev–Trinajstić information content (AvgIpc) is 3.89. The molecule has 2 heterocycles. The number of hydrogen-bond acceptors (Lipinski definition) is 2. The van der Waals surface area contributed by atoms with Gasteiger partial charge in [-0.2, -0.15) is 0 Å². The van der Waals surface area contributed by atoms with Crippen molar-refractivity contribution in [1.82, 2.24) is 0 Å². The number of hydrogen-bond donors (Lipinski definition) is 0. The number of benzene rings is 4. The summed E-state index contributed by atoms with van der Waals surface area (Å²) < 4.78 is 15.9. The van der Waals surface area contributed by atoms with E-state index >= 15 is 0 Å². The Morgan fingerprint density at radius 3 is 1.22 bits per heavy atom. The van der Waals surface area contributed by atoms with E-state index in [1.165, 1.54) is 62.2 Å². The standard InChI is InChI=1S/2C23H21O.2ClH.Zr/c2*1-15(2)17-8-10-18(11-9-17)19-5-4-6-20-21(19)12-13-22(20)23-14-7-16(3)24-23;;;/h2*4-12,14-15,22H,1-3H3;2*1H;/q;;;;+2/p-2. The van der Waals surface area contributed by atoms with Gasteiger partial charge in [0.2, 0.25) is 0 Å². The summed E-state index contributed by atoms with van der Waals surface area (Å²) in [5, 5.41) is 0. The molecule has 0 aliphatic heterocycles. The summed E-state index contributed by atoms with van der Waals surface area (Å²) in [6.45, 7) is 13.1. The summed E-state index contributed by atoms with van der Waals surface area (Å²) in [6, 6.07) is 40.6. The molecule has 0 saturated heterocycles. The molecule has 6 aromatic rings. The van der Waals surface area contributed by atoms with E-state index in [0.29, 0.717) is 11.8 Å². The van der Waals surface area contributed by atoms with Crippen molar-refractivity contribution >= 4 is 12.2 Å². The van der Waals surface area contributed by atoms with Gasteiger partial charge in [0.05, 0.1) is 0 Å². The molecule has 2 aromatic heterocycles. The van der Waals surface area contributed by atoms with Gasteiger partial charge in [-0.25, -0.2) is 0 Å². The normalized spacial score (nSPS) is 15.8. The predicted molar refractivity (Wildman–Crippen MR) is 198 cm³/mol. The second kappa shape index (κ2) is 15.2. The van der Waals surface area contributed by atoms with E-state index in [2.05, 4.69) is 163 Å². The van der Waals surface area contributed by atoms with Crippen molar-refractivity contribution in [3.63, 3.8) is 0 Å². The average molecular weight is 789 g/mol. The topological polar surface area (TPSA) is 26.3 Å². The van der Waals surface area contributed by atoms with E-state index < -0.39 is 23.2 Å². The number of fused-ring (bicyclic) bond motifs is 2. The molecule has 2 atom stereocenters. The van der Waals surface area contributed by atoms with Crippen LogP contribution in [0.5, 0.6) is 0 Å². The van der Waals surface area contributed by atoms with Crippen molar-refractivity contribution in [2.45, 2.75) is 65.2 Å². The Kier molecular flexibility index (Phi) is 11.0. The van der Waals surface area contributed by atoms with Crippen LogP contribution in [0.25, 0.3) is 34.4 Å². The Labute approximate surface area is 326 Å². The van der Waals surface area contributed by atoms with Crippen LogP contribution < -0.4 is 24.8 Å². The number of aryl methyl sites for hydroxylation is 2. The van der Waals surface area contributed by atoms with Crippen LogP contribution in [0.15, 0.2) is 125 Å². The molecule has 0 fully saturated rings. The summed E-state index contributed by atoms with van der Waals surface area (Å²) in [6.07, 6.45) is 5.05. The molecule has 0 radical (unpaired) electrons. The minimum absolute atomic E-state index is 0. The fraction of sp³-hybridized carbons (Fsp3) is 0.217. The molecule has 0 spiro atoms. The summed E-state index contributed by atoms with van der Waals surface area (Å²) in [5.41, 5.74) is 13.2. The van der Waals surface area contributed by atoms with Gasteiger partial charge in [0.25, 0.3) is 0 Å². The molecule has 2 aliphatic rings. The molecule has 2 nitrogen and oxygen atoms in total. The molecule has 5 heteroatoms. The molecular weight excluding hydrogens is 747 g/mol. The molecule has 2 aliphatic carbocycles. The number of rotatable bonds is 8. The molecule has 0 saturated carbocycles. The fourth-order valence-electron chi connectivity index (χ4n) is 7.62. The number of furan rings is 2. The van der Waals surface area contributed by atoms with Gasteiger partial charge in [0, 0.05) is 0 Å². The first-order valence-electron chi connectivity index (χ1n) is 17.5. The largest absolute Gasteiger partial charge is 1.00 e. The molecule has 4 aromatic carbocycles. The van der Waals surface area contributed by atoms with Crippen molar-refractivity contribution in [1.29, 1.82) is 0 Å². The van der Waals surface area contributed by atoms with Gasteiger partial charge in [-0.15, -0.1) is 0 Å². The molecule has 256 valence electrons. The first-order valence-corrected chi connectivity index (χ1v) is 20.0. The van der Waals surface area contributed by atoms with E-state index in [-0.39, 0.29) is 36.6 Å². The summed E-state index contributed by atoms with van der Waals surface area (Å²) in [4.78, 5) is 0. The SMILES string of the molecule is Cc1ccc(C2[C]([Zr+2][C]3=Cc4c(-c5ccc(C(C)C)cc5)cccc4C3c3ccc(C)o3)=Cc3c(-c4ccc(C(C)C)cc4)cccc32)o1.[Cl-].[Cl-]. The van der Waals surface area contributed by atoms with Gasteiger partial charge in [0.1, 0.15) is 0 Å². The maximum absolute atomic E-state index is 6.44. The van der Waals surface area contributed by atoms with Crippen molar-refractivity contribution < 1.29 is 56.9 Å². The molecule has 0 bridgehead atoms. The van der Waals surface area contributed by atoms with E-state index in [1.54, 1.807) is 0 Å². The second-order valence-electron chi connectivity index (χ2n) is 14.3. The van der Waals surface area contributed by atoms with Crippen LogP contribution >= 0.6 is 0 Å².